The van der Waals surface area contributed by atoms with E-state index in [1.165, 1.54) is 51.4 Å². The summed E-state index contributed by atoms with van der Waals surface area (Å²) in [5.41, 5.74) is 4.68. The van der Waals surface area contributed by atoms with Crippen molar-refractivity contribution in [3.05, 3.63) is 0 Å². The minimum absolute atomic E-state index is 0.201. The summed E-state index contributed by atoms with van der Waals surface area (Å²) < 4.78 is 33.7. The molecule has 0 unspecified atom stereocenters. The fraction of sp³-hybridized carbons (Fsp3) is 1.00. The summed E-state index contributed by atoms with van der Waals surface area (Å²) in [6.45, 7) is 6.44. The Labute approximate surface area is 156 Å². The molecule has 0 aromatic rings. The van der Waals surface area contributed by atoms with Crippen LogP contribution in [-0.2, 0) is 18.8 Å². The van der Waals surface area contributed by atoms with Crippen LogP contribution >= 0.6 is 0 Å². The zero-order valence-electron chi connectivity index (χ0n) is 16.7. The van der Waals surface area contributed by atoms with Crippen molar-refractivity contribution in [2.45, 2.75) is 110 Å². The Hall–Kier alpha value is -0.170. The van der Waals surface area contributed by atoms with Gasteiger partial charge in [0.25, 0.3) is 0 Å². The second-order valence-electron chi connectivity index (χ2n) is 7.50. The molecule has 0 spiro atoms. The minimum Gasteiger partial charge on any atom is -0.330 e. The highest BCUT2D eigenvalue weighted by Crippen LogP contribution is 2.20. The molecule has 0 aromatic heterocycles. The Kier molecular flexibility index (Phi) is 14.8. The predicted molar refractivity (Wildman–Crippen MR) is 105 cm³/mol. The number of rotatable bonds is 18. The molecule has 6 heteroatoms. The molecule has 0 aliphatic carbocycles. The maximum atomic E-state index is 11.8. The largest absolute Gasteiger partial charge is 0.400 e. The highest BCUT2D eigenvalue weighted by molar-refractivity contribution is 7.81. The van der Waals surface area contributed by atoms with Crippen molar-refractivity contribution in [2.24, 2.45) is 5.73 Å². The van der Waals surface area contributed by atoms with Crippen LogP contribution in [0.2, 0.25) is 0 Å². The summed E-state index contributed by atoms with van der Waals surface area (Å²) in [5, 5.41) is 0. The van der Waals surface area contributed by atoms with Gasteiger partial charge in [-0.05, 0) is 39.7 Å². The van der Waals surface area contributed by atoms with E-state index in [4.69, 9.17) is 14.1 Å². The SMILES string of the molecule is CCCCCCCCCCCCCOS(=O)(=O)OC(C)(C)CCCN. The third kappa shape index (κ3) is 17.0. The number of hydrogen-bond acceptors (Lipinski definition) is 5. The molecule has 0 fully saturated rings. The maximum absolute atomic E-state index is 11.8. The van der Waals surface area contributed by atoms with Crippen LogP contribution in [0.1, 0.15) is 104 Å². The molecule has 0 saturated heterocycles. The molecule has 0 atom stereocenters. The van der Waals surface area contributed by atoms with Crippen molar-refractivity contribution in [2.75, 3.05) is 13.2 Å². The highest BCUT2D eigenvalue weighted by Gasteiger charge is 2.26. The normalized spacial score (nSPS) is 12.6. The first-order valence-corrected chi connectivity index (χ1v) is 11.5. The van der Waals surface area contributed by atoms with Crippen molar-refractivity contribution >= 4 is 10.4 Å². The minimum atomic E-state index is -3.92. The Morgan fingerprint density at radius 3 is 1.76 bits per heavy atom. The van der Waals surface area contributed by atoms with Crippen LogP contribution in [0.4, 0.5) is 0 Å². The van der Waals surface area contributed by atoms with Gasteiger partial charge in [0.15, 0.2) is 0 Å². The summed E-state index contributed by atoms with van der Waals surface area (Å²) in [6, 6.07) is 0. The highest BCUT2D eigenvalue weighted by atomic mass is 32.3. The summed E-state index contributed by atoms with van der Waals surface area (Å²) in [7, 11) is -3.92. The first kappa shape index (κ1) is 24.8. The molecule has 152 valence electrons. The Bertz CT molecular complexity index is 396. The van der Waals surface area contributed by atoms with Gasteiger partial charge < -0.3 is 5.73 Å². The molecule has 0 aliphatic heterocycles. The van der Waals surface area contributed by atoms with Gasteiger partial charge in [-0.25, -0.2) is 8.37 Å². The molecule has 0 saturated carbocycles. The van der Waals surface area contributed by atoms with Gasteiger partial charge in [-0.15, -0.1) is 0 Å². The quantitative estimate of drug-likeness (QED) is 0.335. The summed E-state index contributed by atoms with van der Waals surface area (Å²) in [6.07, 6.45) is 14.8. The van der Waals surface area contributed by atoms with Crippen LogP contribution in [0, 0.1) is 0 Å². The van der Waals surface area contributed by atoms with E-state index in [0.29, 0.717) is 13.0 Å². The molecule has 0 bridgehead atoms. The molecule has 5 nitrogen and oxygen atoms in total. The maximum Gasteiger partial charge on any atom is 0.400 e. The summed E-state index contributed by atoms with van der Waals surface area (Å²) in [5.74, 6) is 0. The lowest BCUT2D eigenvalue weighted by molar-refractivity contribution is 0.0769. The molecule has 0 heterocycles. The van der Waals surface area contributed by atoms with Crippen LogP contribution in [-0.4, -0.2) is 27.2 Å². The summed E-state index contributed by atoms with van der Waals surface area (Å²) in [4.78, 5) is 0. The van der Waals surface area contributed by atoms with E-state index >= 15 is 0 Å². The third-order valence-corrected chi connectivity index (χ3v) is 5.40. The second kappa shape index (κ2) is 14.9. The Morgan fingerprint density at radius 1 is 0.800 bits per heavy atom. The van der Waals surface area contributed by atoms with Crippen LogP contribution < -0.4 is 5.73 Å². The number of hydrogen-bond donors (Lipinski definition) is 1. The monoisotopic (exact) mass is 379 g/mol. The van der Waals surface area contributed by atoms with Crippen molar-refractivity contribution in [1.82, 2.24) is 0 Å². The first-order chi connectivity index (χ1) is 11.8. The number of unbranched alkanes of at least 4 members (excludes halogenated alkanes) is 10. The lowest BCUT2D eigenvalue weighted by Gasteiger charge is -2.23. The first-order valence-electron chi connectivity index (χ1n) is 10.1. The standard InChI is InChI=1S/C19H41NO4S/c1-4-5-6-7-8-9-10-11-12-13-14-18-23-25(21,22)24-19(2,3)16-15-17-20/h4-18,20H2,1-3H3. The van der Waals surface area contributed by atoms with Gasteiger partial charge in [0.1, 0.15) is 0 Å². The van der Waals surface area contributed by atoms with E-state index in [-0.39, 0.29) is 6.61 Å². The van der Waals surface area contributed by atoms with Crippen LogP contribution in [0.25, 0.3) is 0 Å². The van der Waals surface area contributed by atoms with Crippen LogP contribution in [0.15, 0.2) is 0 Å². The fourth-order valence-electron chi connectivity index (χ4n) is 2.80. The van der Waals surface area contributed by atoms with E-state index in [9.17, 15) is 8.42 Å². The molecular weight excluding hydrogens is 338 g/mol. The fourth-order valence-corrected chi connectivity index (χ4v) is 3.80. The number of nitrogens with two attached hydrogens (primary N) is 1. The van der Waals surface area contributed by atoms with Gasteiger partial charge in [-0.2, -0.15) is 8.42 Å². The van der Waals surface area contributed by atoms with E-state index in [0.717, 1.165) is 25.7 Å². The molecule has 0 radical (unpaired) electrons. The zero-order chi connectivity index (χ0) is 19.0. The lowest BCUT2D eigenvalue weighted by Crippen LogP contribution is -2.30. The van der Waals surface area contributed by atoms with Gasteiger partial charge in [-0.3, -0.25) is 0 Å². The Balaban J connectivity index is 3.57. The zero-order valence-corrected chi connectivity index (χ0v) is 17.5. The van der Waals surface area contributed by atoms with Crippen LogP contribution in [0.3, 0.4) is 0 Å². The third-order valence-electron chi connectivity index (χ3n) is 4.29. The van der Waals surface area contributed by atoms with Crippen molar-refractivity contribution < 1.29 is 16.8 Å². The molecule has 0 aliphatic rings. The lowest BCUT2D eigenvalue weighted by atomic mass is 10.0. The molecule has 2 N–H and O–H groups in total. The van der Waals surface area contributed by atoms with E-state index < -0.39 is 16.0 Å². The summed E-state index contributed by atoms with van der Waals surface area (Å²) >= 11 is 0. The molecule has 0 aromatic carbocycles. The van der Waals surface area contributed by atoms with Gasteiger partial charge >= 0.3 is 10.4 Å². The van der Waals surface area contributed by atoms with Crippen LogP contribution in [0.5, 0.6) is 0 Å². The average Bonchev–Trinajstić information content (AvgIpc) is 2.53. The van der Waals surface area contributed by atoms with Gasteiger partial charge in [0.2, 0.25) is 0 Å². The topological polar surface area (TPSA) is 78.6 Å². The van der Waals surface area contributed by atoms with Crippen molar-refractivity contribution in [1.29, 1.82) is 0 Å². The van der Waals surface area contributed by atoms with E-state index in [1.807, 2.05) is 0 Å². The van der Waals surface area contributed by atoms with Gasteiger partial charge in [-0.1, -0.05) is 71.1 Å². The molecular formula is C19H41NO4S. The molecule has 0 amide bonds. The van der Waals surface area contributed by atoms with Crippen molar-refractivity contribution in [3.63, 3.8) is 0 Å². The average molecular weight is 380 g/mol. The van der Waals surface area contributed by atoms with E-state index in [1.54, 1.807) is 13.8 Å². The molecule has 0 rings (SSSR count). The van der Waals surface area contributed by atoms with Crippen molar-refractivity contribution in [3.8, 4) is 0 Å². The smallest absolute Gasteiger partial charge is 0.330 e. The second-order valence-corrected chi connectivity index (χ2v) is 8.72. The predicted octanol–water partition coefficient (Wildman–Crippen LogP) is 5.09. The van der Waals surface area contributed by atoms with Gasteiger partial charge in [0, 0.05) is 0 Å². The van der Waals surface area contributed by atoms with Gasteiger partial charge in [0.05, 0.1) is 12.2 Å². The Morgan fingerprint density at radius 2 is 1.28 bits per heavy atom. The van der Waals surface area contributed by atoms with E-state index in [2.05, 4.69) is 6.92 Å². The molecule has 25 heavy (non-hydrogen) atoms.